The van der Waals surface area contributed by atoms with Crippen LogP contribution in [0.1, 0.15) is 18.3 Å². The molecule has 0 saturated carbocycles. The Morgan fingerprint density at radius 1 is 1.47 bits per heavy atom. The fourth-order valence-corrected chi connectivity index (χ4v) is 2.26. The van der Waals surface area contributed by atoms with Gasteiger partial charge in [0.05, 0.1) is 0 Å². The highest BCUT2D eigenvalue weighted by atomic mass is 32.2. The summed E-state index contributed by atoms with van der Waals surface area (Å²) in [5.74, 6) is -0.643. The van der Waals surface area contributed by atoms with Gasteiger partial charge < -0.3 is 9.84 Å². The van der Waals surface area contributed by atoms with Gasteiger partial charge in [0.25, 0.3) is 0 Å². The third-order valence-electron chi connectivity index (χ3n) is 1.97. The van der Waals surface area contributed by atoms with Crippen LogP contribution < -0.4 is 0 Å². The number of aromatic nitrogens is 2. The van der Waals surface area contributed by atoms with Crippen LogP contribution in [-0.4, -0.2) is 39.5 Å². The second kappa shape index (κ2) is 6.56. The topological polar surface area (TPSA) is 72.3 Å². The molecule has 94 valence electrons. The molecule has 17 heavy (non-hydrogen) atoms. The summed E-state index contributed by atoms with van der Waals surface area (Å²) in [4.78, 5) is 19.3. The highest BCUT2D eigenvalue weighted by Gasteiger charge is 2.18. The minimum atomic E-state index is -0.955. The quantitative estimate of drug-likeness (QED) is 0.616. The molecule has 0 bridgehead atoms. The number of aryl methyl sites for hydroxylation is 2. The molecule has 1 heterocycles. The average Bonchev–Trinajstić information content (AvgIpc) is 2.22. The van der Waals surface area contributed by atoms with Crippen molar-refractivity contribution < 1.29 is 14.6 Å². The monoisotopic (exact) mass is 256 g/mol. The van der Waals surface area contributed by atoms with Crippen LogP contribution >= 0.6 is 11.8 Å². The minimum absolute atomic E-state index is 0.312. The van der Waals surface area contributed by atoms with Crippen molar-refractivity contribution in [2.45, 2.75) is 32.0 Å². The predicted molar refractivity (Wildman–Crippen MR) is 65.3 cm³/mol. The molecule has 5 nitrogen and oxygen atoms in total. The summed E-state index contributed by atoms with van der Waals surface area (Å²) in [5.41, 5.74) is 1.76. The summed E-state index contributed by atoms with van der Waals surface area (Å²) >= 11 is 1.30. The number of carboxylic acids is 1. The number of carbonyl (C=O) groups is 1. The van der Waals surface area contributed by atoms with Crippen molar-refractivity contribution in [1.82, 2.24) is 9.97 Å². The Bertz CT molecular complexity index is 378. The Kier molecular flexibility index (Phi) is 5.37. The number of ether oxygens (including phenoxy) is 1. The van der Waals surface area contributed by atoms with Crippen molar-refractivity contribution >= 4 is 17.7 Å². The fourth-order valence-electron chi connectivity index (χ4n) is 1.30. The summed E-state index contributed by atoms with van der Waals surface area (Å²) in [6.45, 7) is 5.92. The van der Waals surface area contributed by atoms with E-state index < -0.39 is 12.1 Å². The van der Waals surface area contributed by atoms with Crippen molar-refractivity contribution in [1.29, 1.82) is 0 Å². The van der Waals surface area contributed by atoms with E-state index in [-0.39, 0.29) is 0 Å². The lowest BCUT2D eigenvalue weighted by atomic mass is 10.4. The molecule has 0 aliphatic heterocycles. The van der Waals surface area contributed by atoms with E-state index in [2.05, 4.69) is 9.97 Å². The van der Waals surface area contributed by atoms with Gasteiger partial charge in [-0.3, -0.25) is 0 Å². The Morgan fingerprint density at radius 3 is 2.53 bits per heavy atom. The molecule has 1 aromatic heterocycles. The number of hydrogen-bond donors (Lipinski definition) is 1. The van der Waals surface area contributed by atoms with Gasteiger partial charge in [-0.15, -0.1) is 0 Å². The van der Waals surface area contributed by atoms with E-state index in [9.17, 15) is 4.79 Å². The second-order valence-corrected chi connectivity index (χ2v) is 4.51. The second-order valence-electron chi connectivity index (χ2n) is 3.53. The molecule has 1 atom stereocenters. The summed E-state index contributed by atoms with van der Waals surface area (Å²) < 4.78 is 5.11. The van der Waals surface area contributed by atoms with Crippen LogP contribution in [0.5, 0.6) is 0 Å². The maximum absolute atomic E-state index is 10.9. The van der Waals surface area contributed by atoms with Gasteiger partial charge in [-0.2, -0.15) is 0 Å². The van der Waals surface area contributed by atoms with Crippen molar-refractivity contribution in [3.63, 3.8) is 0 Å². The van der Waals surface area contributed by atoms with E-state index in [1.165, 1.54) is 11.8 Å². The van der Waals surface area contributed by atoms with Gasteiger partial charge in [-0.25, -0.2) is 14.8 Å². The number of hydrogen-bond acceptors (Lipinski definition) is 5. The van der Waals surface area contributed by atoms with E-state index in [1.54, 1.807) is 6.92 Å². The van der Waals surface area contributed by atoms with Gasteiger partial charge in [-0.05, 0) is 26.8 Å². The van der Waals surface area contributed by atoms with Crippen LogP contribution in [-0.2, 0) is 9.53 Å². The molecular weight excluding hydrogens is 240 g/mol. The van der Waals surface area contributed by atoms with Crippen LogP contribution in [0.25, 0.3) is 0 Å². The van der Waals surface area contributed by atoms with E-state index in [0.717, 1.165) is 11.4 Å². The lowest BCUT2D eigenvalue weighted by Gasteiger charge is -2.11. The van der Waals surface area contributed by atoms with Crippen LogP contribution in [0.3, 0.4) is 0 Å². The SMILES string of the molecule is CCOC(CSc1nc(C)cc(C)n1)C(=O)O. The van der Waals surface area contributed by atoms with Gasteiger partial charge in [0.15, 0.2) is 11.3 Å². The molecule has 1 rings (SSSR count). The van der Waals surface area contributed by atoms with Gasteiger partial charge in [0, 0.05) is 23.7 Å². The molecular formula is C11H16N2O3S. The lowest BCUT2D eigenvalue weighted by molar-refractivity contribution is -0.148. The highest BCUT2D eigenvalue weighted by molar-refractivity contribution is 7.99. The molecule has 1 unspecified atom stereocenters. The molecule has 0 aliphatic carbocycles. The summed E-state index contributed by atoms with van der Waals surface area (Å²) in [5, 5.41) is 9.50. The lowest BCUT2D eigenvalue weighted by Crippen LogP contribution is -2.26. The molecule has 6 heteroatoms. The zero-order chi connectivity index (χ0) is 12.8. The zero-order valence-corrected chi connectivity index (χ0v) is 11.0. The van der Waals surface area contributed by atoms with Gasteiger partial charge in [0.1, 0.15) is 0 Å². The van der Waals surface area contributed by atoms with Crippen molar-refractivity contribution in [2.24, 2.45) is 0 Å². The first-order valence-corrected chi connectivity index (χ1v) is 6.31. The molecule has 0 fully saturated rings. The summed E-state index contributed by atoms with van der Waals surface area (Å²) in [6.07, 6.45) is -0.811. The smallest absolute Gasteiger partial charge is 0.333 e. The molecule has 1 aromatic rings. The molecule has 1 N–H and O–H groups in total. The average molecular weight is 256 g/mol. The number of rotatable bonds is 6. The van der Waals surface area contributed by atoms with E-state index >= 15 is 0 Å². The number of nitrogens with zero attached hydrogens (tertiary/aromatic N) is 2. The van der Waals surface area contributed by atoms with Crippen LogP contribution in [0.2, 0.25) is 0 Å². The standard InChI is InChI=1S/C11H16N2O3S/c1-4-16-9(10(14)15)6-17-11-12-7(2)5-8(3)13-11/h5,9H,4,6H2,1-3H3,(H,14,15). The Balaban J connectivity index is 2.61. The maximum Gasteiger partial charge on any atom is 0.333 e. The highest BCUT2D eigenvalue weighted by Crippen LogP contribution is 2.16. The number of carboxylic acid groups (broad SMARTS) is 1. The largest absolute Gasteiger partial charge is 0.479 e. The zero-order valence-electron chi connectivity index (χ0n) is 10.1. The van der Waals surface area contributed by atoms with Gasteiger partial charge in [0.2, 0.25) is 0 Å². The third-order valence-corrected chi connectivity index (χ3v) is 2.88. The molecule has 0 spiro atoms. The van der Waals surface area contributed by atoms with E-state index in [1.807, 2.05) is 19.9 Å². The summed E-state index contributed by atoms with van der Waals surface area (Å²) in [7, 11) is 0. The van der Waals surface area contributed by atoms with Gasteiger partial charge >= 0.3 is 5.97 Å². The van der Waals surface area contributed by atoms with Crippen molar-refractivity contribution in [3.8, 4) is 0 Å². The van der Waals surface area contributed by atoms with Crippen LogP contribution in [0.15, 0.2) is 11.2 Å². The Hall–Kier alpha value is -1.14. The molecule has 0 radical (unpaired) electrons. The number of thioether (sulfide) groups is 1. The fraction of sp³-hybridized carbons (Fsp3) is 0.545. The predicted octanol–water partition coefficient (Wildman–Crippen LogP) is 1.68. The summed E-state index contributed by atoms with van der Waals surface area (Å²) in [6, 6.07) is 1.88. The third kappa shape index (κ3) is 4.70. The maximum atomic E-state index is 10.9. The first-order chi connectivity index (χ1) is 8.02. The Labute approximate surface area is 105 Å². The van der Waals surface area contributed by atoms with E-state index in [4.69, 9.17) is 9.84 Å². The van der Waals surface area contributed by atoms with Crippen molar-refractivity contribution in [2.75, 3.05) is 12.4 Å². The Morgan fingerprint density at radius 2 is 2.06 bits per heavy atom. The van der Waals surface area contributed by atoms with Crippen LogP contribution in [0, 0.1) is 13.8 Å². The molecule has 0 saturated heterocycles. The van der Waals surface area contributed by atoms with Gasteiger partial charge in [-0.1, -0.05) is 11.8 Å². The molecule has 0 amide bonds. The van der Waals surface area contributed by atoms with Crippen molar-refractivity contribution in [3.05, 3.63) is 17.5 Å². The minimum Gasteiger partial charge on any atom is -0.479 e. The van der Waals surface area contributed by atoms with Crippen LogP contribution in [0.4, 0.5) is 0 Å². The molecule has 0 aromatic carbocycles. The normalized spacial score (nSPS) is 12.4. The first-order valence-electron chi connectivity index (χ1n) is 5.32. The molecule has 0 aliphatic rings. The first kappa shape index (κ1) is 13.9. The van der Waals surface area contributed by atoms with E-state index in [0.29, 0.717) is 17.5 Å². The number of aliphatic carboxylic acids is 1.